The van der Waals surface area contributed by atoms with Gasteiger partial charge < -0.3 is 19.3 Å². The van der Waals surface area contributed by atoms with E-state index in [0.29, 0.717) is 39.3 Å². The molecule has 0 N–H and O–H groups in total. The summed E-state index contributed by atoms with van der Waals surface area (Å²) in [5.41, 5.74) is 0.947. The smallest absolute Gasteiger partial charge is 0.245 e. The van der Waals surface area contributed by atoms with Gasteiger partial charge in [0.25, 0.3) is 0 Å². The molecule has 0 aliphatic carbocycles. The van der Waals surface area contributed by atoms with Gasteiger partial charge in [0.15, 0.2) is 0 Å². The number of carbonyl (C=O) groups is 2. The Bertz CT molecular complexity index is 821. The first kappa shape index (κ1) is 19.5. The third-order valence-corrected chi connectivity index (χ3v) is 5.43. The second-order valence-corrected chi connectivity index (χ2v) is 7.45. The molecule has 4 rings (SSSR count). The van der Waals surface area contributed by atoms with Crippen LogP contribution in [-0.4, -0.2) is 66.6 Å². The van der Waals surface area contributed by atoms with Gasteiger partial charge in [0, 0.05) is 19.5 Å². The monoisotopic (exact) mass is 394 g/mol. The largest absolute Gasteiger partial charge is 0.488 e. The highest BCUT2D eigenvalue weighted by atomic mass is 16.5. The number of amides is 2. The predicted octanol–water partition coefficient (Wildman–Crippen LogP) is 2.14. The van der Waals surface area contributed by atoms with Crippen LogP contribution in [0.2, 0.25) is 0 Å². The Morgan fingerprint density at radius 3 is 2.31 bits per heavy atom. The number of morpholine rings is 1. The van der Waals surface area contributed by atoms with E-state index in [1.165, 1.54) is 0 Å². The van der Waals surface area contributed by atoms with Gasteiger partial charge in [0.05, 0.1) is 26.2 Å². The molecule has 0 saturated carbocycles. The van der Waals surface area contributed by atoms with Gasteiger partial charge >= 0.3 is 0 Å². The van der Waals surface area contributed by atoms with Crippen LogP contribution in [0, 0.1) is 0 Å². The standard InChI is InChI=1S/C23H26N2O4/c26-22(15-18-7-3-1-4-8-18)25-17-20(29-19-9-5-2-6-10-19)16-21(25)23(27)24-11-13-28-14-12-24/h1-10,20-21H,11-17H2/t20-,21-/m0/s1. The summed E-state index contributed by atoms with van der Waals surface area (Å²) in [5.74, 6) is 0.711. The summed E-state index contributed by atoms with van der Waals surface area (Å²) in [5, 5.41) is 0. The third-order valence-electron chi connectivity index (χ3n) is 5.43. The van der Waals surface area contributed by atoms with Crippen molar-refractivity contribution in [2.24, 2.45) is 0 Å². The van der Waals surface area contributed by atoms with Crippen LogP contribution in [0.4, 0.5) is 0 Å². The number of carbonyl (C=O) groups excluding carboxylic acids is 2. The van der Waals surface area contributed by atoms with Crippen LogP contribution in [0.15, 0.2) is 60.7 Å². The van der Waals surface area contributed by atoms with Crippen LogP contribution in [0.25, 0.3) is 0 Å². The van der Waals surface area contributed by atoms with Gasteiger partial charge in [0.1, 0.15) is 17.9 Å². The fourth-order valence-electron chi connectivity index (χ4n) is 3.95. The molecular weight excluding hydrogens is 368 g/mol. The van der Waals surface area contributed by atoms with E-state index >= 15 is 0 Å². The molecule has 0 spiro atoms. The molecule has 2 atom stereocenters. The van der Waals surface area contributed by atoms with Gasteiger partial charge in [-0.3, -0.25) is 9.59 Å². The van der Waals surface area contributed by atoms with Gasteiger partial charge in [-0.15, -0.1) is 0 Å². The molecule has 2 saturated heterocycles. The second kappa shape index (κ2) is 9.09. The SMILES string of the molecule is O=C([C@@H]1C[C@H](Oc2ccccc2)CN1C(=O)Cc1ccccc1)N1CCOCC1. The molecule has 6 heteroatoms. The zero-order valence-electron chi connectivity index (χ0n) is 16.4. The number of para-hydroxylation sites is 1. The molecule has 0 unspecified atom stereocenters. The van der Waals surface area contributed by atoms with Crippen molar-refractivity contribution in [1.29, 1.82) is 0 Å². The molecule has 6 nitrogen and oxygen atoms in total. The maximum Gasteiger partial charge on any atom is 0.245 e. The highest BCUT2D eigenvalue weighted by molar-refractivity contribution is 5.89. The Hall–Kier alpha value is -2.86. The maximum absolute atomic E-state index is 13.2. The van der Waals surface area contributed by atoms with E-state index in [0.717, 1.165) is 11.3 Å². The number of hydrogen-bond acceptors (Lipinski definition) is 4. The van der Waals surface area contributed by atoms with Crippen LogP contribution in [0.3, 0.4) is 0 Å². The van der Waals surface area contributed by atoms with Crippen molar-refractivity contribution in [2.75, 3.05) is 32.8 Å². The fourth-order valence-corrected chi connectivity index (χ4v) is 3.95. The van der Waals surface area contributed by atoms with Crippen molar-refractivity contribution in [2.45, 2.75) is 25.0 Å². The van der Waals surface area contributed by atoms with Crippen LogP contribution in [0.1, 0.15) is 12.0 Å². The first-order valence-corrected chi connectivity index (χ1v) is 10.1. The number of nitrogens with zero attached hydrogens (tertiary/aromatic N) is 2. The van der Waals surface area contributed by atoms with Crippen molar-refractivity contribution >= 4 is 11.8 Å². The summed E-state index contributed by atoms with van der Waals surface area (Å²) >= 11 is 0. The van der Waals surface area contributed by atoms with E-state index in [1.54, 1.807) is 4.90 Å². The molecule has 29 heavy (non-hydrogen) atoms. The van der Waals surface area contributed by atoms with Crippen molar-refractivity contribution in [1.82, 2.24) is 9.80 Å². The van der Waals surface area contributed by atoms with Gasteiger partial charge in [-0.05, 0) is 17.7 Å². The van der Waals surface area contributed by atoms with Gasteiger partial charge in [0.2, 0.25) is 11.8 Å². The number of ether oxygens (including phenoxy) is 2. The lowest BCUT2D eigenvalue weighted by Crippen LogP contribution is -2.51. The quantitative estimate of drug-likeness (QED) is 0.780. The van der Waals surface area contributed by atoms with Gasteiger partial charge in [-0.1, -0.05) is 48.5 Å². The van der Waals surface area contributed by atoms with E-state index in [-0.39, 0.29) is 24.3 Å². The number of rotatable bonds is 5. The molecule has 2 fully saturated rings. The molecule has 2 aliphatic rings. The molecular formula is C23H26N2O4. The minimum Gasteiger partial charge on any atom is -0.488 e. The fraction of sp³-hybridized carbons (Fsp3) is 0.391. The molecule has 0 aromatic heterocycles. The Morgan fingerprint density at radius 2 is 1.62 bits per heavy atom. The Morgan fingerprint density at radius 1 is 0.966 bits per heavy atom. The Kier molecular flexibility index (Phi) is 6.10. The first-order valence-electron chi connectivity index (χ1n) is 10.1. The summed E-state index contributed by atoms with van der Waals surface area (Å²) in [6.45, 7) is 2.64. The van der Waals surface area contributed by atoms with E-state index < -0.39 is 6.04 Å². The topological polar surface area (TPSA) is 59.1 Å². The summed E-state index contributed by atoms with van der Waals surface area (Å²) in [6, 6.07) is 18.7. The van der Waals surface area contributed by atoms with E-state index in [1.807, 2.05) is 65.6 Å². The average Bonchev–Trinajstić information content (AvgIpc) is 3.19. The summed E-state index contributed by atoms with van der Waals surface area (Å²) < 4.78 is 11.5. The highest BCUT2D eigenvalue weighted by Gasteiger charge is 2.42. The van der Waals surface area contributed by atoms with Gasteiger partial charge in [-0.2, -0.15) is 0 Å². The zero-order chi connectivity index (χ0) is 20.1. The lowest BCUT2D eigenvalue weighted by Gasteiger charge is -2.32. The number of benzene rings is 2. The minimum absolute atomic E-state index is 0.00567. The molecule has 2 aromatic rings. The van der Waals surface area contributed by atoms with Crippen molar-refractivity contribution < 1.29 is 19.1 Å². The summed E-state index contributed by atoms with van der Waals surface area (Å²) in [7, 11) is 0. The minimum atomic E-state index is -0.488. The lowest BCUT2D eigenvalue weighted by molar-refractivity contribution is -0.146. The van der Waals surface area contributed by atoms with Crippen LogP contribution in [0.5, 0.6) is 5.75 Å². The maximum atomic E-state index is 13.2. The number of likely N-dealkylation sites (tertiary alicyclic amines) is 1. The third kappa shape index (κ3) is 4.77. The van der Waals surface area contributed by atoms with Crippen LogP contribution in [-0.2, 0) is 20.7 Å². The predicted molar refractivity (Wildman–Crippen MR) is 109 cm³/mol. The van der Waals surface area contributed by atoms with Gasteiger partial charge in [-0.25, -0.2) is 0 Å². The molecule has 0 bridgehead atoms. The van der Waals surface area contributed by atoms with Crippen LogP contribution < -0.4 is 4.74 Å². The van der Waals surface area contributed by atoms with E-state index in [2.05, 4.69) is 0 Å². The summed E-state index contributed by atoms with van der Waals surface area (Å²) in [4.78, 5) is 29.8. The molecule has 2 aromatic carbocycles. The van der Waals surface area contributed by atoms with Crippen molar-refractivity contribution in [3.8, 4) is 5.75 Å². The second-order valence-electron chi connectivity index (χ2n) is 7.45. The van der Waals surface area contributed by atoms with E-state index in [9.17, 15) is 9.59 Å². The normalized spacial score (nSPS) is 21.8. The molecule has 2 amide bonds. The Balaban J connectivity index is 1.49. The molecule has 2 heterocycles. The van der Waals surface area contributed by atoms with E-state index in [4.69, 9.17) is 9.47 Å². The molecule has 152 valence electrons. The number of hydrogen-bond donors (Lipinski definition) is 0. The highest BCUT2D eigenvalue weighted by Crippen LogP contribution is 2.25. The van der Waals surface area contributed by atoms with Crippen molar-refractivity contribution in [3.05, 3.63) is 66.2 Å². The lowest BCUT2D eigenvalue weighted by atomic mass is 10.1. The van der Waals surface area contributed by atoms with Crippen molar-refractivity contribution in [3.63, 3.8) is 0 Å². The van der Waals surface area contributed by atoms with Crippen LogP contribution >= 0.6 is 0 Å². The first-order chi connectivity index (χ1) is 14.2. The summed E-state index contributed by atoms with van der Waals surface area (Å²) in [6.07, 6.45) is 0.587. The Labute approximate surface area is 171 Å². The molecule has 0 radical (unpaired) electrons. The average molecular weight is 394 g/mol. The zero-order valence-corrected chi connectivity index (χ0v) is 16.4. The molecule has 2 aliphatic heterocycles.